The van der Waals surface area contributed by atoms with E-state index in [1.807, 2.05) is 0 Å². The van der Waals surface area contributed by atoms with E-state index in [0.29, 0.717) is 0 Å². The van der Waals surface area contributed by atoms with Gasteiger partial charge in [0.2, 0.25) is 0 Å². The smallest absolute Gasteiger partial charge is 0.0986 e. The minimum absolute atomic E-state index is 0.175. The molecule has 0 saturated carbocycles. The Morgan fingerprint density at radius 1 is 1.33 bits per heavy atom. The molecule has 2 aromatic rings. The van der Waals surface area contributed by atoms with E-state index in [1.165, 1.54) is 16.7 Å². The molecule has 1 unspecified atom stereocenters. The van der Waals surface area contributed by atoms with Gasteiger partial charge in [0.05, 0.1) is 17.3 Å². The van der Waals surface area contributed by atoms with Crippen molar-refractivity contribution in [1.29, 1.82) is 0 Å². The second-order valence-corrected chi connectivity index (χ2v) is 5.57. The van der Waals surface area contributed by atoms with E-state index in [-0.39, 0.29) is 12.5 Å². The van der Waals surface area contributed by atoms with Gasteiger partial charge in [-0.25, -0.2) is 4.98 Å². The van der Waals surface area contributed by atoms with Crippen molar-refractivity contribution in [2.75, 3.05) is 6.61 Å². The minimum Gasteiger partial charge on any atom is -0.396 e. The zero-order valence-electron chi connectivity index (χ0n) is 11.1. The van der Waals surface area contributed by atoms with Gasteiger partial charge in [0.25, 0.3) is 0 Å². The maximum atomic E-state index is 9.32. The van der Waals surface area contributed by atoms with E-state index in [9.17, 15) is 5.11 Å². The van der Waals surface area contributed by atoms with Gasteiger partial charge in [-0.15, -0.1) is 11.3 Å². The first-order valence-electron chi connectivity index (χ1n) is 6.29. The summed E-state index contributed by atoms with van der Waals surface area (Å²) in [5, 5.41) is 12.4. The first kappa shape index (κ1) is 13.2. The van der Waals surface area contributed by atoms with Crippen LogP contribution in [0.3, 0.4) is 0 Å². The highest BCUT2D eigenvalue weighted by Crippen LogP contribution is 2.29. The summed E-state index contributed by atoms with van der Waals surface area (Å²) in [6, 6.07) is 6.42. The lowest BCUT2D eigenvalue weighted by Crippen LogP contribution is -2.01. The molecule has 0 saturated heterocycles. The van der Waals surface area contributed by atoms with Crippen LogP contribution in [0.15, 0.2) is 23.6 Å². The Morgan fingerprint density at radius 3 is 2.72 bits per heavy atom. The van der Waals surface area contributed by atoms with Gasteiger partial charge in [-0.2, -0.15) is 0 Å². The molecule has 2 nitrogen and oxygen atoms in total. The summed E-state index contributed by atoms with van der Waals surface area (Å²) in [5.41, 5.74) is 4.74. The van der Waals surface area contributed by atoms with Crippen LogP contribution in [0.2, 0.25) is 0 Å². The van der Waals surface area contributed by atoms with Gasteiger partial charge in [0, 0.05) is 16.9 Å². The summed E-state index contributed by atoms with van der Waals surface area (Å²) >= 11 is 1.64. The maximum Gasteiger partial charge on any atom is 0.0986 e. The van der Waals surface area contributed by atoms with Gasteiger partial charge in [-0.3, -0.25) is 0 Å². The molecule has 0 radical (unpaired) electrons. The van der Waals surface area contributed by atoms with Crippen LogP contribution in [0, 0.1) is 13.8 Å². The van der Waals surface area contributed by atoms with Crippen LogP contribution < -0.4 is 0 Å². The summed E-state index contributed by atoms with van der Waals surface area (Å²) < 4.78 is 0. The molecule has 0 amide bonds. The van der Waals surface area contributed by atoms with Crippen LogP contribution in [0.1, 0.15) is 35.4 Å². The summed E-state index contributed by atoms with van der Waals surface area (Å²) in [5.74, 6) is 0.175. The number of aliphatic hydroxyl groups excluding tert-OH is 1. The van der Waals surface area contributed by atoms with Crippen molar-refractivity contribution in [3.8, 4) is 11.3 Å². The van der Waals surface area contributed by atoms with Crippen molar-refractivity contribution in [1.82, 2.24) is 4.98 Å². The number of hydrogen-bond donors (Lipinski definition) is 1. The molecule has 96 valence electrons. The number of hydrogen-bond acceptors (Lipinski definition) is 3. The number of nitrogens with zero attached hydrogens (tertiary/aromatic N) is 1. The van der Waals surface area contributed by atoms with E-state index in [2.05, 4.69) is 49.3 Å². The van der Waals surface area contributed by atoms with Crippen LogP contribution in [0.5, 0.6) is 0 Å². The normalized spacial score (nSPS) is 12.7. The molecule has 1 atom stereocenters. The highest BCUT2D eigenvalue weighted by Gasteiger charge is 2.14. The Morgan fingerprint density at radius 2 is 2.11 bits per heavy atom. The number of benzene rings is 1. The van der Waals surface area contributed by atoms with E-state index in [4.69, 9.17) is 0 Å². The lowest BCUT2D eigenvalue weighted by Gasteiger charge is -2.07. The predicted molar refractivity (Wildman–Crippen MR) is 77.1 cm³/mol. The van der Waals surface area contributed by atoms with Crippen LogP contribution in [0.4, 0.5) is 0 Å². The molecule has 2 rings (SSSR count). The molecule has 18 heavy (non-hydrogen) atoms. The fraction of sp³-hybridized carbons (Fsp3) is 0.400. The number of aliphatic hydroxyl groups is 1. The SMILES string of the molecule is CCC(CO)c1nc(-c2ccc(C)cc2C)cs1. The van der Waals surface area contributed by atoms with Crippen molar-refractivity contribution < 1.29 is 5.11 Å². The second-order valence-electron chi connectivity index (χ2n) is 4.68. The van der Waals surface area contributed by atoms with Crippen molar-refractivity contribution in [2.24, 2.45) is 0 Å². The molecular formula is C15H19NOS. The Hall–Kier alpha value is -1.19. The fourth-order valence-electron chi connectivity index (χ4n) is 2.08. The monoisotopic (exact) mass is 261 g/mol. The fourth-order valence-corrected chi connectivity index (χ4v) is 3.08. The van der Waals surface area contributed by atoms with Crippen LogP contribution in [0.25, 0.3) is 11.3 Å². The lowest BCUT2D eigenvalue weighted by molar-refractivity contribution is 0.262. The van der Waals surface area contributed by atoms with Gasteiger partial charge in [0.1, 0.15) is 0 Å². The van der Waals surface area contributed by atoms with Gasteiger partial charge < -0.3 is 5.11 Å². The topological polar surface area (TPSA) is 33.1 Å². The highest BCUT2D eigenvalue weighted by molar-refractivity contribution is 7.10. The number of aryl methyl sites for hydroxylation is 2. The third-order valence-electron chi connectivity index (χ3n) is 3.24. The Bertz CT molecular complexity index is 529. The van der Waals surface area contributed by atoms with Gasteiger partial charge in [-0.05, 0) is 25.8 Å². The minimum atomic E-state index is 0.175. The Kier molecular flexibility index (Phi) is 4.15. The Labute approximate surface area is 112 Å². The largest absolute Gasteiger partial charge is 0.396 e. The first-order valence-corrected chi connectivity index (χ1v) is 7.17. The predicted octanol–water partition coefficient (Wildman–Crippen LogP) is 3.91. The van der Waals surface area contributed by atoms with Crippen molar-refractivity contribution in [3.63, 3.8) is 0 Å². The third-order valence-corrected chi connectivity index (χ3v) is 4.25. The van der Waals surface area contributed by atoms with Crippen molar-refractivity contribution in [3.05, 3.63) is 39.7 Å². The zero-order valence-corrected chi connectivity index (χ0v) is 11.9. The number of aromatic nitrogens is 1. The summed E-state index contributed by atoms with van der Waals surface area (Å²) in [6.07, 6.45) is 0.927. The maximum absolute atomic E-state index is 9.32. The second kappa shape index (κ2) is 5.63. The summed E-state index contributed by atoms with van der Waals surface area (Å²) in [4.78, 5) is 4.67. The molecule has 0 bridgehead atoms. The average molecular weight is 261 g/mol. The molecule has 0 fully saturated rings. The molecule has 1 heterocycles. The van der Waals surface area contributed by atoms with Crippen molar-refractivity contribution in [2.45, 2.75) is 33.1 Å². The first-order chi connectivity index (χ1) is 8.65. The van der Waals surface area contributed by atoms with E-state index in [0.717, 1.165) is 17.1 Å². The van der Waals surface area contributed by atoms with Crippen LogP contribution in [-0.4, -0.2) is 16.7 Å². The van der Waals surface area contributed by atoms with Crippen LogP contribution in [-0.2, 0) is 0 Å². The molecule has 0 aliphatic heterocycles. The molecule has 1 aromatic heterocycles. The van der Waals surface area contributed by atoms with Crippen LogP contribution >= 0.6 is 11.3 Å². The van der Waals surface area contributed by atoms with Crippen molar-refractivity contribution >= 4 is 11.3 Å². The summed E-state index contributed by atoms with van der Waals surface area (Å²) in [7, 11) is 0. The molecule has 0 spiro atoms. The molecule has 1 N–H and O–H groups in total. The highest BCUT2D eigenvalue weighted by atomic mass is 32.1. The lowest BCUT2D eigenvalue weighted by atomic mass is 10.0. The van der Waals surface area contributed by atoms with E-state index in [1.54, 1.807) is 11.3 Å². The molecule has 0 aliphatic carbocycles. The number of rotatable bonds is 4. The molecule has 3 heteroatoms. The number of thiazole rings is 1. The summed E-state index contributed by atoms with van der Waals surface area (Å²) in [6.45, 7) is 6.47. The van der Waals surface area contributed by atoms with E-state index < -0.39 is 0 Å². The van der Waals surface area contributed by atoms with Gasteiger partial charge in [0.15, 0.2) is 0 Å². The average Bonchev–Trinajstić information content (AvgIpc) is 2.80. The van der Waals surface area contributed by atoms with Gasteiger partial charge in [-0.1, -0.05) is 30.7 Å². The third kappa shape index (κ3) is 2.62. The molecule has 0 aliphatic rings. The molecular weight excluding hydrogens is 242 g/mol. The van der Waals surface area contributed by atoms with E-state index >= 15 is 0 Å². The Balaban J connectivity index is 2.34. The molecule has 1 aromatic carbocycles. The zero-order chi connectivity index (χ0) is 13.1. The quantitative estimate of drug-likeness (QED) is 0.905. The standard InChI is InChI=1S/C15H19NOS/c1-4-12(8-17)15-16-14(9-18-15)13-6-5-10(2)7-11(13)3/h5-7,9,12,17H,4,8H2,1-3H3. The van der Waals surface area contributed by atoms with Gasteiger partial charge >= 0.3 is 0 Å².